The van der Waals surface area contributed by atoms with E-state index in [1.54, 1.807) is 0 Å². The van der Waals surface area contributed by atoms with Gasteiger partial charge in [-0.05, 0) is 73.5 Å². The molecule has 8 aromatic carbocycles. The fourth-order valence-electron chi connectivity index (χ4n) is 7.70. The fraction of sp³-hybridized carbons (Fsp3) is 0.0200. The SMILES string of the molecule is [B]C1([B])Oc2cccc(-c3cc(-c4nc(-c5ccc(-c6ccccc6)cc5)nc(-c5ccc(-c6ccccc6)cc5)n4)c4ccccc4c3)c2-c2ccccc21. The Kier molecular flexibility index (Phi) is 8.18. The molecule has 0 aliphatic carbocycles. The molecule has 0 fully saturated rings. The van der Waals surface area contributed by atoms with E-state index in [-0.39, 0.29) is 0 Å². The minimum atomic E-state index is -1.45. The van der Waals surface area contributed by atoms with Crippen LogP contribution in [0.1, 0.15) is 5.56 Å². The Bertz CT molecular complexity index is 2790. The summed E-state index contributed by atoms with van der Waals surface area (Å²) < 4.78 is 6.24. The first-order valence-corrected chi connectivity index (χ1v) is 18.6. The summed E-state index contributed by atoms with van der Waals surface area (Å²) in [7, 11) is 13.0. The summed E-state index contributed by atoms with van der Waals surface area (Å²) in [6, 6.07) is 64.2. The normalized spacial score (nSPS) is 12.7. The molecule has 1 aliphatic rings. The molecular weight excluding hydrogens is 680 g/mol. The topological polar surface area (TPSA) is 47.9 Å². The Hall–Kier alpha value is -7.04. The quantitative estimate of drug-likeness (QED) is 0.161. The first-order valence-electron chi connectivity index (χ1n) is 18.6. The number of fused-ring (bicyclic) bond motifs is 4. The van der Waals surface area contributed by atoms with Crippen molar-refractivity contribution < 1.29 is 4.74 Å². The maximum absolute atomic E-state index is 6.50. The van der Waals surface area contributed by atoms with Gasteiger partial charge in [-0.25, -0.2) is 15.0 Å². The molecule has 6 heteroatoms. The Morgan fingerprint density at radius 1 is 0.375 bits per heavy atom. The van der Waals surface area contributed by atoms with Gasteiger partial charge in [0.25, 0.3) is 0 Å². The summed E-state index contributed by atoms with van der Waals surface area (Å²) in [4.78, 5) is 15.5. The van der Waals surface area contributed by atoms with Gasteiger partial charge < -0.3 is 4.74 Å². The van der Waals surface area contributed by atoms with Crippen molar-refractivity contribution in [1.29, 1.82) is 0 Å². The van der Waals surface area contributed by atoms with Crippen LogP contribution in [0.15, 0.2) is 188 Å². The Labute approximate surface area is 328 Å². The lowest BCUT2D eigenvalue weighted by atomic mass is 9.58. The van der Waals surface area contributed by atoms with Gasteiger partial charge in [0, 0.05) is 22.3 Å². The molecule has 56 heavy (non-hydrogen) atoms. The van der Waals surface area contributed by atoms with Crippen LogP contribution in [0.2, 0.25) is 0 Å². The predicted octanol–water partition coefficient (Wildman–Crippen LogP) is 11.5. The largest absolute Gasteiger partial charge is 0.502 e. The van der Waals surface area contributed by atoms with Crippen LogP contribution in [-0.4, -0.2) is 30.6 Å². The molecule has 258 valence electrons. The third-order valence-corrected chi connectivity index (χ3v) is 10.5. The molecule has 0 saturated heterocycles. The summed E-state index contributed by atoms with van der Waals surface area (Å²) in [5.41, 5.74) is 11.8. The van der Waals surface area contributed by atoms with E-state index in [0.29, 0.717) is 23.2 Å². The van der Waals surface area contributed by atoms with E-state index < -0.39 is 5.40 Å². The molecule has 4 nitrogen and oxygen atoms in total. The molecule has 1 aromatic heterocycles. The van der Waals surface area contributed by atoms with Crippen LogP contribution >= 0.6 is 0 Å². The zero-order valence-corrected chi connectivity index (χ0v) is 30.3. The van der Waals surface area contributed by atoms with E-state index in [1.807, 2.05) is 48.5 Å². The van der Waals surface area contributed by atoms with Gasteiger partial charge in [0.05, 0.1) is 5.40 Å². The second-order valence-corrected chi connectivity index (χ2v) is 14.1. The van der Waals surface area contributed by atoms with Gasteiger partial charge in [0.15, 0.2) is 17.5 Å². The van der Waals surface area contributed by atoms with Crippen molar-refractivity contribution in [2.75, 3.05) is 0 Å². The Balaban J connectivity index is 1.16. The summed E-state index contributed by atoms with van der Waals surface area (Å²) in [5.74, 6) is 2.39. The monoisotopic (exact) mass is 711 g/mol. The molecule has 0 amide bonds. The number of hydrogen-bond donors (Lipinski definition) is 0. The molecule has 0 unspecified atom stereocenters. The van der Waals surface area contributed by atoms with Crippen LogP contribution in [0.25, 0.3) is 89.4 Å². The highest BCUT2D eigenvalue weighted by molar-refractivity contribution is 6.40. The molecule has 10 rings (SSSR count). The summed E-state index contributed by atoms with van der Waals surface area (Å²) in [6.45, 7) is 0. The van der Waals surface area contributed by atoms with E-state index in [2.05, 4.69) is 140 Å². The van der Waals surface area contributed by atoms with Crippen LogP contribution in [0.3, 0.4) is 0 Å². The zero-order chi connectivity index (χ0) is 37.6. The second kappa shape index (κ2) is 13.7. The zero-order valence-electron chi connectivity index (χ0n) is 30.3. The summed E-state index contributed by atoms with van der Waals surface area (Å²) >= 11 is 0. The number of ether oxygens (including phenoxy) is 1. The van der Waals surface area contributed by atoms with Gasteiger partial charge in [0.2, 0.25) is 0 Å². The number of benzene rings is 8. The second-order valence-electron chi connectivity index (χ2n) is 14.1. The maximum Gasteiger partial charge on any atom is 0.164 e. The molecule has 1 aliphatic heterocycles. The first kappa shape index (κ1) is 33.5. The van der Waals surface area contributed by atoms with E-state index in [9.17, 15) is 0 Å². The highest BCUT2D eigenvalue weighted by atomic mass is 16.5. The van der Waals surface area contributed by atoms with E-state index in [4.69, 9.17) is 35.4 Å². The maximum atomic E-state index is 6.50. The lowest BCUT2D eigenvalue weighted by molar-refractivity contribution is 0.241. The van der Waals surface area contributed by atoms with Crippen LogP contribution in [0.4, 0.5) is 0 Å². The standard InChI is InChI=1S/C50H31B2N3O/c51-50(52)44-20-10-9-18-42(44)46-41(19-11-21-45(46)56-50)39-30-38-16-7-8-17-40(38)43(31-39)49-54-47(36-26-22-34(23-27-36)32-12-3-1-4-13-32)53-48(55-49)37-28-24-35(25-29-37)33-14-5-2-6-15-33/h1-31H. The molecule has 4 radical (unpaired) electrons. The first-order chi connectivity index (χ1) is 27.5. The molecular formula is C50H31B2N3O. The highest BCUT2D eigenvalue weighted by Crippen LogP contribution is 2.48. The highest BCUT2D eigenvalue weighted by Gasteiger charge is 2.32. The smallest absolute Gasteiger partial charge is 0.164 e. The van der Waals surface area contributed by atoms with Gasteiger partial charge in [-0.2, -0.15) is 0 Å². The molecule has 0 spiro atoms. The van der Waals surface area contributed by atoms with Crippen LogP contribution in [0.5, 0.6) is 5.75 Å². The number of aromatic nitrogens is 3. The van der Waals surface area contributed by atoms with Crippen LogP contribution in [0, 0.1) is 0 Å². The Morgan fingerprint density at radius 3 is 1.52 bits per heavy atom. The van der Waals surface area contributed by atoms with E-state index >= 15 is 0 Å². The lowest BCUT2D eigenvalue weighted by Crippen LogP contribution is -2.37. The predicted molar refractivity (Wildman–Crippen MR) is 229 cm³/mol. The Morgan fingerprint density at radius 2 is 0.875 bits per heavy atom. The molecule has 2 heterocycles. The van der Waals surface area contributed by atoms with Crippen LogP contribution < -0.4 is 4.74 Å². The number of nitrogens with zero attached hydrogens (tertiary/aromatic N) is 3. The van der Waals surface area contributed by atoms with E-state index in [1.165, 1.54) is 0 Å². The van der Waals surface area contributed by atoms with Crippen LogP contribution in [-0.2, 0) is 5.40 Å². The minimum absolute atomic E-state index is 0.576. The van der Waals surface area contributed by atoms with Crippen molar-refractivity contribution in [1.82, 2.24) is 15.0 Å². The molecule has 0 saturated carbocycles. The van der Waals surface area contributed by atoms with Gasteiger partial charge in [-0.15, -0.1) is 0 Å². The lowest BCUT2D eigenvalue weighted by Gasteiger charge is -2.37. The van der Waals surface area contributed by atoms with Gasteiger partial charge >= 0.3 is 0 Å². The third-order valence-electron chi connectivity index (χ3n) is 10.5. The van der Waals surface area contributed by atoms with E-state index in [0.717, 1.165) is 77.5 Å². The van der Waals surface area contributed by atoms with Crippen molar-refractivity contribution in [2.45, 2.75) is 5.40 Å². The van der Waals surface area contributed by atoms with Gasteiger partial charge in [-0.3, -0.25) is 0 Å². The average molecular weight is 711 g/mol. The summed E-state index contributed by atoms with van der Waals surface area (Å²) in [5, 5.41) is 0.632. The average Bonchev–Trinajstić information content (AvgIpc) is 3.26. The van der Waals surface area contributed by atoms with Crippen molar-refractivity contribution >= 4 is 26.5 Å². The molecule has 0 bridgehead atoms. The fourth-order valence-corrected chi connectivity index (χ4v) is 7.70. The van der Waals surface area contributed by atoms with Crippen molar-refractivity contribution in [3.05, 3.63) is 194 Å². The third kappa shape index (κ3) is 6.06. The molecule has 0 atom stereocenters. The number of rotatable bonds is 6. The molecule has 0 N–H and O–H groups in total. The minimum Gasteiger partial charge on any atom is -0.502 e. The molecule has 9 aromatic rings. The van der Waals surface area contributed by atoms with Crippen molar-refractivity contribution in [3.63, 3.8) is 0 Å². The number of hydrogen-bond acceptors (Lipinski definition) is 4. The van der Waals surface area contributed by atoms with Gasteiger partial charge in [-0.1, -0.05) is 170 Å². The van der Waals surface area contributed by atoms with Crippen molar-refractivity contribution in [2.24, 2.45) is 0 Å². The van der Waals surface area contributed by atoms with Crippen molar-refractivity contribution in [3.8, 4) is 84.4 Å². The summed E-state index contributed by atoms with van der Waals surface area (Å²) in [6.07, 6.45) is 0. The van der Waals surface area contributed by atoms with Gasteiger partial charge in [0.1, 0.15) is 21.4 Å².